The fourth-order valence-corrected chi connectivity index (χ4v) is 2.14. The molecule has 2 rings (SSSR count). The zero-order valence-corrected chi connectivity index (χ0v) is 11.8. The van der Waals surface area contributed by atoms with Gasteiger partial charge in [-0.15, -0.1) is 0 Å². The number of nitrogens with zero attached hydrogens (tertiary/aromatic N) is 3. The van der Waals surface area contributed by atoms with Crippen LogP contribution < -0.4 is 5.32 Å². The lowest BCUT2D eigenvalue weighted by Gasteiger charge is -2.22. The van der Waals surface area contributed by atoms with Crippen molar-refractivity contribution in [1.82, 2.24) is 9.88 Å². The van der Waals surface area contributed by atoms with Crippen molar-refractivity contribution in [1.29, 1.82) is 5.26 Å². The van der Waals surface area contributed by atoms with Gasteiger partial charge in [-0.2, -0.15) is 5.26 Å². The number of nitrogens with one attached hydrogen (secondary N) is 1. The highest BCUT2D eigenvalue weighted by atomic mass is 16.2. The monoisotopic (exact) mass is 272 g/mol. The van der Waals surface area contributed by atoms with Gasteiger partial charge in [0.2, 0.25) is 0 Å². The minimum atomic E-state index is 0.00348. The third-order valence-electron chi connectivity index (χ3n) is 3.33. The number of aromatic nitrogens is 1. The number of nitriles is 1. The van der Waals surface area contributed by atoms with Gasteiger partial charge >= 0.3 is 0 Å². The summed E-state index contributed by atoms with van der Waals surface area (Å²) in [5, 5.41) is 12.0. The number of hydrogen-bond acceptors (Lipinski definition) is 4. The molecule has 1 fully saturated rings. The van der Waals surface area contributed by atoms with Crippen LogP contribution in [0, 0.1) is 11.3 Å². The molecule has 5 nitrogen and oxygen atoms in total. The largest absolute Gasteiger partial charge is 0.383 e. The number of anilines is 1. The van der Waals surface area contributed by atoms with E-state index in [-0.39, 0.29) is 5.91 Å². The Kier molecular flexibility index (Phi) is 4.94. The van der Waals surface area contributed by atoms with Crippen molar-refractivity contribution in [2.45, 2.75) is 38.6 Å². The van der Waals surface area contributed by atoms with Crippen LogP contribution in [0.15, 0.2) is 18.5 Å². The molecule has 0 spiro atoms. The summed E-state index contributed by atoms with van der Waals surface area (Å²) in [6.45, 7) is 3.40. The van der Waals surface area contributed by atoms with Crippen LogP contribution in [0.25, 0.3) is 0 Å². The van der Waals surface area contributed by atoms with Crippen molar-refractivity contribution in [3.63, 3.8) is 0 Å². The first-order valence-electron chi connectivity index (χ1n) is 7.13. The number of hydrogen-bond donors (Lipinski definition) is 1. The molecule has 1 aliphatic carbocycles. The molecule has 0 unspecified atom stereocenters. The highest BCUT2D eigenvalue weighted by molar-refractivity contribution is 5.99. The first kappa shape index (κ1) is 14.3. The summed E-state index contributed by atoms with van der Waals surface area (Å²) < 4.78 is 0. The second kappa shape index (κ2) is 6.90. The quantitative estimate of drug-likeness (QED) is 0.827. The molecule has 0 bridgehead atoms. The number of rotatable bonds is 7. The Labute approximate surface area is 119 Å². The Hall–Kier alpha value is -2.09. The van der Waals surface area contributed by atoms with E-state index in [0.29, 0.717) is 24.6 Å². The maximum atomic E-state index is 12.7. The van der Waals surface area contributed by atoms with E-state index in [2.05, 4.69) is 23.3 Å². The van der Waals surface area contributed by atoms with Crippen molar-refractivity contribution in [2.24, 2.45) is 0 Å². The lowest BCUT2D eigenvalue weighted by atomic mass is 10.2. The lowest BCUT2D eigenvalue weighted by Crippen LogP contribution is -2.34. The summed E-state index contributed by atoms with van der Waals surface area (Å²) in [7, 11) is 0. The molecule has 0 aromatic carbocycles. The third-order valence-corrected chi connectivity index (χ3v) is 3.33. The SMILES string of the molecule is CCCNc1cnccc1C(=O)N(CCC#N)C1CC1. The molecule has 1 saturated carbocycles. The smallest absolute Gasteiger partial charge is 0.256 e. The predicted octanol–water partition coefficient (Wildman–Crippen LogP) is 2.42. The van der Waals surface area contributed by atoms with Crippen molar-refractivity contribution in [3.05, 3.63) is 24.0 Å². The second-order valence-electron chi connectivity index (χ2n) is 4.99. The normalized spacial score (nSPS) is 13.6. The summed E-state index contributed by atoms with van der Waals surface area (Å²) in [5.74, 6) is 0.00348. The van der Waals surface area contributed by atoms with Crippen molar-refractivity contribution < 1.29 is 4.79 Å². The highest BCUT2D eigenvalue weighted by Crippen LogP contribution is 2.29. The standard InChI is InChI=1S/C15H20N4O/c1-2-8-18-14-11-17-9-6-13(14)15(20)19(10-3-7-16)12-4-5-12/h6,9,11-12,18H,2-5,8,10H2,1H3. The summed E-state index contributed by atoms with van der Waals surface area (Å²) in [6.07, 6.45) is 6.78. The van der Waals surface area contributed by atoms with E-state index < -0.39 is 0 Å². The number of carbonyl (C=O) groups excluding carboxylic acids is 1. The van der Waals surface area contributed by atoms with E-state index in [1.165, 1.54) is 0 Å². The van der Waals surface area contributed by atoms with Crippen LogP contribution in [0.4, 0.5) is 5.69 Å². The molecule has 0 radical (unpaired) electrons. The molecule has 1 aromatic heterocycles. The van der Waals surface area contributed by atoms with E-state index >= 15 is 0 Å². The average Bonchev–Trinajstić information content (AvgIpc) is 3.30. The summed E-state index contributed by atoms with van der Waals surface area (Å²) >= 11 is 0. The van der Waals surface area contributed by atoms with Gasteiger partial charge in [-0.25, -0.2) is 0 Å². The predicted molar refractivity (Wildman–Crippen MR) is 77.3 cm³/mol. The maximum absolute atomic E-state index is 12.7. The van der Waals surface area contributed by atoms with Crippen LogP contribution in [-0.4, -0.2) is 34.9 Å². The summed E-state index contributed by atoms with van der Waals surface area (Å²) in [4.78, 5) is 18.6. The molecular formula is C15H20N4O. The minimum Gasteiger partial charge on any atom is -0.383 e. The third kappa shape index (κ3) is 3.47. The van der Waals surface area contributed by atoms with Crippen LogP contribution in [0.2, 0.25) is 0 Å². The Morgan fingerprint density at radius 1 is 1.60 bits per heavy atom. The average molecular weight is 272 g/mol. The molecule has 1 amide bonds. The Morgan fingerprint density at radius 2 is 2.40 bits per heavy atom. The molecule has 1 N–H and O–H groups in total. The maximum Gasteiger partial charge on any atom is 0.256 e. The van der Waals surface area contributed by atoms with E-state index in [4.69, 9.17) is 5.26 Å². The van der Waals surface area contributed by atoms with Gasteiger partial charge in [0.25, 0.3) is 5.91 Å². The molecule has 0 saturated heterocycles. The van der Waals surface area contributed by atoms with Gasteiger partial charge in [-0.05, 0) is 25.3 Å². The zero-order valence-electron chi connectivity index (χ0n) is 11.8. The van der Waals surface area contributed by atoms with E-state index in [9.17, 15) is 4.79 Å². The van der Waals surface area contributed by atoms with E-state index in [0.717, 1.165) is 31.5 Å². The molecule has 0 aliphatic heterocycles. The summed E-state index contributed by atoms with van der Waals surface area (Å²) in [5.41, 5.74) is 1.43. The molecule has 1 aliphatic rings. The number of carbonyl (C=O) groups is 1. The van der Waals surface area contributed by atoms with Gasteiger partial charge in [0.1, 0.15) is 0 Å². The van der Waals surface area contributed by atoms with Crippen molar-refractivity contribution in [2.75, 3.05) is 18.4 Å². The molecule has 1 heterocycles. The van der Waals surface area contributed by atoms with Gasteiger partial charge in [-0.3, -0.25) is 9.78 Å². The van der Waals surface area contributed by atoms with Gasteiger partial charge in [0.05, 0.1) is 29.9 Å². The van der Waals surface area contributed by atoms with Gasteiger partial charge < -0.3 is 10.2 Å². The Morgan fingerprint density at radius 3 is 3.05 bits per heavy atom. The number of amides is 1. The fraction of sp³-hybridized carbons (Fsp3) is 0.533. The number of pyridine rings is 1. The highest BCUT2D eigenvalue weighted by Gasteiger charge is 2.33. The molecule has 0 atom stereocenters. The van der Waals surface area contributed by atoms with Crippen LogP contribution in [0.3, 0.4) is 0 Å². The van der Waals surface area contributed by atoms with Crippen LogP contribution >= 0.6 is 0 Å². The topological polar surface area (TPSA) is 69.0 Å². The first-order chi connectivity index (χ1) is 9.77. The summed E-state index contributed by atoms with van der Waals surface area (Å²) in [6, 6.07) is 4.17. The van der Waals surface area contributed by atoms with E-state index in [1.807, 2.05) is 4.90 Å². The molecule has 1 aromatic rings. The fourth-order valence-electron chi connectivity index (χ4n) is 2.14. The molecule has 106 valence electrons. The van der Waals surface area contributed by atoms with Gasteiger partial charge in [-0.1, -0.05) is 6.92 Å². The lowest BCUT2D eigenvalue weighted by molar-refractivity contribution is 0.0747. The second-order valence-corrected chi connectivity index (χ2v) is 4.99. The molecule has 20 heavy (non-hydrogen) atoms. The zero-order chi connectivity index (χ0) is 14.4. The minimum absolute atomic E-state index is 0.00348. The Balaban J connectivity index is 2.15. The van der Waals surface area contributed by atoms with Crippen molar-refractivity contribution >= 4 is 11.6 Å². The van der Waals surface area contributed by atoms with E-state index in [1.54, 1.807) is 18.5 Å². The van der Waals surface area contributed by atoms with Crippen LogP contribution in [0.1, 0.15) is 43.0 Å². The van der Waals surface area contributed by atoms with Crippen LogP contribution in [0.5, 0.6) is 0 Å². The first-order valence-corrected chi connectivity index (χ1v) is 7.13. The van der Waals surface area contributed by atoms with Crippen molar-refractivity contribution in [3.8, 4) is 6.07 Å². The molecule has 5 heteroatoms. The van der Waals surface area contributed by atoms with Gasteiger partial charge in [0.15, 0.2) is 0 Å². The van der Waals surface area contributed by atoms with Crippen LogP contribution in [-0.2, 0) is 0 Å². The Bertz CT molecular complexity index is 505. The molecular weight excluding hydrogens is 252 g/mol. The van der Waals surface area contributed by atoms with Gasteiger partial charge in [0, 0.05) is 25.3 Å².